The molecule has 0 unspecified atom stereocenters. The van der Waals surface area contributed by atoms with Gasteiger partial charge in [-0.05, 0) is 13.8 Å². The molecule has 0 aliphatic carbocycles. The number of aliphatic hydroxyl groups is 3. The molecule has 0 aromatic rings. The van der Waals surface area contributed by atoms with Gasteiger partial charge in [-0.25, -0.2) is 0 Å². The summed E-state index contributed by atoms with van der Waals surface area (Å²) in [7, 11) is 0. The Morgan fingerprint density at radius 3 is 2.41 bits per heavy atom. The van der Waals surface area contributed by atoms with Crippen molar-refractivity contribution in [2.75, 3.05) is 13.2 Å². The molecule has 0 bridgehead atoms. The van der Waals surface area contributed by atoms with Crippen molar-refractivity contribution in [3.8, 4) is 0 Å². The maximum Gasteiger partial charge on any atom is 0.253 e. The van der Waals surface area contributed by atoms with Crippen LogP contribution in [0.1, 0.15) is 13.8 Å². The largest absolute Gasteiger partial charge is 0.394 e. The Balaban J connectivity index is 2.30. The van der Waals surface area contributed by atoms with Crippen molar-refractivity contribution in [1.82, 2.24) is 0 Å². The second-order valence-corrected chi connectivity index (χ2v) is 4.67. The lowest BCUT2D eigenvalue weighted by Gasteiger charge is -2.38. The summed E-state index contributed by atoms with van der Waals surface area (Å²) in [6.45, 7) is 1.89. The highest BCUT2D eigenvalue weighted by Crippen LogP contribution is 2.37. The van der Waals surface area contributed by atoms with E-state index in [9.17, 15) is 9.90 Å². The predicted octanol–water partition coefficient (Wildman–Crippen LogP) is -1.85. The van der Waals surface area contributed by atoms with Gasteiger partial charge in [0.25, 0.3) is 5.79 Å². The van der Waals surface area contributed by atoms with Crippen molar-refractivity contribution in [3.63, 3.8) is 0 Å². The van der Waals surface area contributed by atoms with E-state index in [1.54, 1.807) is 13.8 Å². The van der Waals surface area contributed by atoms with Crippen LogP contribution in [0.25, 0.3) is 0 Å². The number of carbonyl (C=O) groups excluding carboxylic acids is 1. The van der Waals surface area contributed by atoms with Gasteiger partial charge in [0.1, 0.15) is 18.8 Å². The van der Waals surface area contributed by atoms with Gasteiger partial charge < -0.3 is 29.5 Å². The van der Waals surface area contributed by atoms with Crippen LogP contribution >= 0.6 is 0 Å². The summed E-state index contributed by atoms with van der Waals surface area (Å²) < 4.78 is 15.8. The molecule has 98 valence electrons. The van der Waals surface area contributed by atoms with Crippen molar-refractivity contribution in [1.29, 1.82) is 0 Å². The van der Waals surface area contributed by atoms with Crippen molar-refractivity contribution in [2.24, 2.45) is 0 Å². The van der Waals surface area contributed by atoms with Crippen LogP contribution < -0.4 is 0 Å². The Morgan fingerprint density at radius 1 is 1.24 bits per heavy atom. The van der Waals surface area contributed by atoms with Gasteiger partial charge in [0.2, 0.25) is 5.78 Å². The highest BCUT2D eigenvalue weighted by atomic mass is 16.8. The maximum atomic E-state index is 11.9. The fourth-order valence-electron chi connectivity index (χ4n) is 2.12. The molecule has 0 amide bonds. The summed E-state index contributed by atoms with van der Waals surface area (Å²) in [6.07, 6.45) is -2.75. The molecule has 2 heterocycles. The van der Waals surface area contributed by atoms with E-state index in [2.05, 4.69) is 0 Å². The summed E-state index contributed by atoms with van der Waals surface area (Å²) in [4.78, 5) is 11.9. The van der Waals surface area contributed by atoms with Crippen LogP contribution in [-0.4, -0.2) is 64.2 Å². The third-order valence-corrected chi connectivity index (χ3v) is 2.88. The van der Waals surface area contributed by atoms with Gasteiger partial charge in [-0.15, -0.1) is 0 Å². The zero-order valence-electron chi connectivity index (χ0n) is 9.62. The molecule has 2 aliphatic rings. The van der Waals surface area contributed by atoms with E-state index < -0.39 is 48.9 Å². The monoisotopic (exact) mass is 248 g/mol. The van der Waals surface area contributed by atoms with Crippen molar-refractivity contribution < 1.29 is 34.3 Å². The lowest BCUT2D eigenvalue weighted by atomic mass is 9.95. The van der Waals surface area contributed by atoms with Crippen molar-refractivity contribution in [3.05, 3.63) is 0 Å². The minimum Gasteiger partial charge on any atom is -0.394 e. The maximum absolute atomic E-state index is 11.9. The molecule has 0 aromatic heterocycles. The molecule has 7 heteroatoms. The molecule has 3 N–H and O–H groups in total. The molecule has 0 saturated carbocycles. The summed E-state index contributed by atoms with van der Waals surface area (Å²) in [5.74, 6) is -4.12. The zero-order valence-corrected chi connectivity index (χ0v) is 9.62. The average Bonchev–Trinajstić information content (AvgIpc) is 2.60. The van der Waals surface area contributed by atoms with Crippen molar-refractivity contribution >= 4 is 5.78 Å². The third-order valence-electron chi connectivity index (χ3n) is 2.88. The number of hydrogen-bond donors (Lipinski definition) is 3. The quantitative estimate of drug-likeness (QED) is 0.526. The number of rotatable bonds is 2. The number of ether oxygens (including phenoxy) is 3. The number of aliphatic hydroxyl groups excluding tert-OH is 2. The standard InChI is InChI=1S/C10H16O7/c1-9(2)16-6-5(3-11)15-10(14,4-12)8(13)7(6)17-9/h5-7,11-12,14H,3-4H2,1-2H3/t5-,6-,7-,10+/m1/s1. The van der Waals surface area contributed by atoms with Gasteiger partial charge in [-0.1, -0.05) is 0 Å². The molecule has 7 nitrogen and oxygen atoms in total. The van der Waals surface area contributed by atoms with Crippen LogP contribution in [0.15, 0.2) is 0 Å². The highest BCUT2D eigenvalue weighted by Gasteiger charge is 2.60. The molecule has 2 rings (SSSR count). The summed E-state index contributed by atoms with van der Waals surface area (Å²) in [5.41, 5.74) is 0. The van der Waals surface area contributed by atoms with Crippen LogP contribution in [0.4, 0.5) is 0 Å². The molecule has 4 atom stereocenters. The molecule has 0 aromatic carbocycles. The topological polar surface area (TPSA) is 105 Å². The number of Topliss-reactive ketones (excluding diaryl/α,β-unsaturated/α-hetero) is 1. The SMILES string of the molecule is CC1(C)O[C@@H]2[C@@H](CO)O[C@@](O)(CO)C(=O)[C@@H]2O1. The van der Waals surface area contributed by atoms with E-state index in [1.165, 1.54) is 0 Å². The lowest BCUT2D eigenvalue weighted by molar-refractivity contribution is -0.275. The Labute approximate surface area is 97.9 Å². The lowest BCUT2D eigenvalue weighted by Crippen LogP contribution is -2.63. The number of fused-ring (bicyclic) bond motifs is 1. The van der Waals surface area contributed by atoms with Gasteiger partial charge in [0, 0.05) is 0 Å². The zero-order chi connectivity index (χ0) is 12.8. The molecule has 2 aliphatic heterocycles. The first-order chi connectivity index (χ1) is 7.83. The summed E-state index contributed by atoms with van der Waals surface area (Å²) >= 11 is 0. The Morgan fingerprint density at radius 2 is 1.88 bits per heavy atom. The van der Waals surface area contributed by atoms with Gasteiger partial charge in [0.15, 0.2) is 11.9 Å². The van der Waals surface area contributed by atoms with Gasteiger partial charge in [-0.2, -0.15) is 0 Å². The van der Waals surface area contributed by atoms with E-state index >= 15 is 0 Å². The van der Waals surface area contributed by atoms with E-state index in [1.807, 2.05) is 0 Å². The summed E-state index contributed by atoms with van der Waals surface area (Å²) in [6, 6.07) is 0. The molecule has 17 heavy (non-hydrogen) atoms. The first-order valence-corrected chi connectivity index (χ1v) is 5.35. The fourth-order valence-corrected chi connectivity index (χ4v) is 2.12. The predicted molar refractivity (Wildman–Crippen MR) is 52.8 cm³/mol. The van der Waals surface area contributed by atoms with E-state index in [4.69, 9.17) is 24.4 Å². The second-order valence-electron chi connectivity index (χ2n) is 4.67. The molecule has 2 fully saturated rings. The van der Waals surface area contributed by atoms with Crippen molar-refractivity contribution in [2.45, 2.75) is 43.7 Å². The van der Waals surface area contributed by atoms with Gasteiger partial charge in [0.05, 0.1) is 6.61 Å². The van der Waals surface area contributed by atoms with E-state index in [0.717, 1.165) is 0 Å². The van der Waals surface area contributed by atoms with Crippen LogP contribution in [-0.2, 0) is 19.0 Å². The van der Waals surface area contributed by atoms with Gasteiger partial charge >= 0.3 is 0 Å². The molecule has 0 spiro atoms. The minimum absolute atomic E-state index is 0.448. The number of ketones is 1. The molecular formula is C10H16O7. The molecule has 0 radical (unpaired) electrons. The second kappa shape index (κ2) is 3.98. The first-order valence-electron chi connectivity index (χ1n) is 5.35. The first kappa shape index (κ1) is 12.9. The van der Waals surface area contributed by atoms with E-state index in [-0.39, 0.29) is 0 Å². The van der Waals surface area contributed by atoms with E-state index in [0.29, 0.717) is 0 Å². The summed E-state index contributed by atoms with van der Waals surface area (Å²) in [5, 5.41) is 28.0. The highest BCUT2D eigenvalue weighted by molar-refractivity contribution is 5.91. The Hall–Kier alpha value is -0.570. The Kier molecular flexibility index (Phi) is 3.01. The van der Waals surface area contributed by atoms with Crippen LogP contribution in [0.2, 0.25) is 0 Å². The normalized spacial score (nSPS) is 44.8. The third kappa shape index (κ3) is 1.99. The van der Waals surface area contributed by atoms with Gasteiger partial charge in [-0.3, -0.25) is 4.79 Å². The Bertz CT molecular complexity index is 329. The number of hydrogen-bond acceptors (Lipinski definition) is 7. The molecular weight excluding hydrogens is 232 g/mol. The molecule has 2 saturated heterocycles. The van der Waals surface area contributed by atoms with Crippen LogP contribution in [0.3, 0.4) is 0 Å². The van der Waals surface area contributed by atoms with Crippen LogP contribution in [0, 0.1) is 0 Å². The number of carbonyl (C=O) groups is 1. The smallest absolute Gasteiger partial charge is 0.253 e. The fraction of sp³-hybridized carbons (Fsp3) is 0.900. The van der Waals surface area contributed by atoms with Crippen LogP contribution in [0.5, 0.6) is 0 Å². The average molecular weight is 248 g/mol. The minimum atomic E-state index is -2.33.